The highest BCUT2D eigenvalue weighted by molar-refractivity contribution is 6.29. The standard InChI is InChI=1S/C14H11ClN4/c1-19-9-11(8-16-19)14-17-12(7-13(15)18-14)10-5-3-2-4-6-10/h2-9H,1H3. The van der Waals surface area contributed by atoms with E-state index in [9.17, 15) is 0 Å². The second-order valence-electron chi connectivity index (χ2n) is 4.17. The molecule has 0 fully saturated rings. The molecule has 1 aromatic carbocycles. The lowest BCUT2D eigenvalue weighted by molar-refractivity contribution is 0.768. The molecule has 0 aliphatic heterocycles. The number of hydrogen-bond donors (Lipinski definition) is 0. The van der Waals surface area contributed by atoms with Crippen molar-refractivity contribution in [3.8, 4) is 22.6 Å². The second-order valence-corrected chi connectivity index (χ2v) is 4.56. The molecular weight excluding hydrogens is 260 g/mol. The fraction of sp³-hybridized carbons (Fsp3) is 0.0714. The SMILES string of the molecule is Cn1cc(-c2nc(Cl)cc(-c3ccccc3)n2)cn1. The van der Waals surface area contributed by atoms with Gasteiger partial charge in [-0.25, -0.2) is 9.97 Å². The third-order valence-electron chi connectivity index (χ3n) is 2.73. The van der Waals surface area contributed by atoms with Crippen molar-refractivity contribution in [3.63, 3.8) is 0 Å². The molecule has 0 spiro atoms. The third kappa shape index (κ3) is 2.48. The smallest absolute Gasteiger partial charge is 0.164 e. The first-order valence-corrected chi connectivity index (χ1v) is 6.19. The van der Waals surface area contributed by atoms with Crippen LogP contribution >= 0.6 is 11.6 Å². The molecule has 5 heteroatoms. The van der Waals surface area contributed by atoms with Gasteiger partial charge in [0, 0.05) is 24.9 Å². The van der Waals surface area contributed by atoms with Crippen molar-refractivity contribution >= 4 is 11.6 Å². The van der Waals surface area contributed by atoms with Crippen LogP contribution in [0.4, 0.5) is 0 Å². The topological polar surface area (TPSA) is 43.6 Å². The summed E-state index contributed by atoms with van der Waals surface area (Å²) in [6.45, 7) is 0. The van der Waals surface area contributed by atoms with Gasteiger partial charge in [-0.1, -0.05) is 41.9 Å². The van der Waals surface area contributed by atoms with Crippen LogP contribution in [0.25, 0.3) is 22.6 Å². The largest absolute Gasteiger partial charge is 0.275 e. The van der Waals surface area contributed by atoms with Crippen LogP contribution in [0.15, 0.2) is 48.8 Å². The van der Waals surface area contributed by atoms with Crippen LogP contribution in [0.1, 0.15) is 0 Å². The van der Waals surface area contributed by atoms with Crippen LogP contribution in [0, 0.1) is 0 Å². The lowest BCUT2D eigenvalue weighted by Gasteiger charge is -2.03. The predicted octanol–water partition coefficient (Wildman–Crippen LogP) is 3.20. The molecule has 0 atom stereocenters. The second kappa shape index (κ2) is 4.82. The van der Waals surface area contributed by atoms with Gasteiger partial charge < -0.3 is 0 Å². The molecule has 3 rings (SSSR count). The fourth-order valence-electron chi connectivity index (χ4n) is 1.84. The van der Waals surface area contributed by atoms with Crippen molar-refractivity contribution in [2.24, 2.45) is 7.05 Å². The minimum absolute atomic E-state index is 0.424. The molecule has 94 valence electrons. The van der Waals surface area contributed by atoms with Gasteiger partial charge in [0.05, 0.1) is 17.5 Å². The van der Waals surface area contributed by atoms with Crippen LogP contribution < -0.4 is 0 Å². The summed E-state index contributed by atoms with van der Waals surface area (Å²) in [5.41, 5.74) is 2.67. The Morgan fingerprint density at radius 2 is 1.84 bits per heavy atom. The molecule has 2 aromatic heterocycles. The number of nitrogens with zero attached hydrogens (tertiary/aromatic N) is 4. The van der Waals surface area contributed by atoms with E-state index >= 15 is 0 Å². The maximum atomic E-state index is 6.08. The van der Waals surface area contributed by atoms with Gasteiger partial charge in [-0.3, -0.25) is 4.68 Å². The summed E-state index contributed by atoms with van der Waals surface area (Å²) in [4.78, 5) is 8.78. The molecule has 2 heterocycles. The van der Waals surface area contributed by atoms with Crippen LogP contribution in [-0.2, 0) is 7.05 Å². The van der Waals surface area contributed by atoms with E-state index < -0.39 is 0 Å². The summed E-state index contributed by atoms with van der Waals surface area (Å²) in [5, 5.41) is 4.54. The highest BCUT2D eigenvalue weighted by atomic mass is 35.5. The number of halogens is 1. The lowest BCUT2D eigenvalue weighted by atomic mass is 10.1. The Morgan fingerprint density at radius 1 is 1.05 bits per heavy atom. The van der Waals surface area contributed by atoms with Crippen LogP contribution in [0.5, 0.6) is 0 Å². The predicted molar refractivity (Wildman–Crippen MR) is 74.7 cm³/mol. The molecule has 0 radical (unpaired) electrons. The molecule has 0 aliphatic rings. The number of rotatable bonds is 2. The maximum Gasteiger partial charge on any atom is 0.164 e. The van der Waals surface area contributed by atoms with Crippen LogP contribution in [0.2, 0.25) is 5.15 Å². The van der Waals surface area contributed by atoms with Gasteiger partial charge in [0.2, 0.25) is 0 Å². The van der Waals surface area contributed by atoms with E-state index in [0.717, 1.165) is 16.8 Å². The van der Waals surface area contributed by atoms with Gasteiger partial charge in [-0.05, 0) is 0 Å². The van der Waals surface area contributed by atoms with E-state index in [0.29, 0.717) is 11.0 Å². The summed E-state index contributed by atoms with van der Waals surface area (Å²) >= 11 is 6.08. The van der Waals surface area contributed by atoms with Crippen molar-refractivity contribution in [2.75, 3.05) is 0 Å². The summed E-state index contributed by atoms with van der Waals surface area (Å²) in [6.07, 6.45) is 3.58. The van der Waals surface area contributed by atoms with Gasteiger partial charge in [-0.2, -0.15) is 5.10 Å². The zero-order valence-electron chi connectivity index (χ0n) is 10.3. The van der Waals surface area contributed by atoms with Crippen molar-refractivity contribution in [3.05, 3.63) is 53.9 Å². The van der Waals surface area contributed by atoms with Gasteiger partial charge >= 0.3 is 0 Å². The highest BCUT2D eigenvalue weighted by Gasteiger charge is 2.08. The minimum Gasteiger partial charge on any atom is -0.275 e. The Balaban J connectivity index is 2.11. The first kappa shape index (κ1) is 11.9. The monoisotopic (exact) mass is 270 g/mol. The Labute approximate surface area is 115 Å². The molecule has 0 amide bonds. The Bertz CT molecular complexity index is 706. The van der Waals surface area contributed by atoms with Crippen molar-refractivity contribution in [1.82, 2.24) is 19.7 Å². The van der Waals surface area contributed by atoms with E-state index in [1.807, 2.05) is 43.6 Å². The van der Waals surface area contributed by atoms with Crippen LogP contribution in [-0.4, -0.2) is 19.7 Å². The number of hydrogen-bond acceptors (Lipinski definition) is 3. The molecule has 0 unspecified atom stereocenters. The molecule has 0 bridgehead atoms. The van der Waals surface area contributed by atoms with E-state index in [1.54, 1.807) is 16.9 Å². The Morgan fingerprint density at radius 3 is 2.53 bits per heavy atom. The zero-order chi connectivity index (χ0) is 13.2. The molecule has 4 nitrogen and oxygen atoms in total. The molecule has 0 aliphatic carbocycles. The van der Waals surface area contributed by atoms with Crippen LogP contribution in [0.3, 0.4) is 0 Å². The summed E-state index contributed by atoms with van der Waals surface area (Å²) in [7, 11) is 1.85. The normalized spacial score (nSPS) is 10.6. The van der Waals surface area contributed by atoms with E-state index in [4.69, 9.17) is 11.6 Å². The summed E-state index contributed by atoms with van der Waals surface area (Å²) < 4.78 is 1.71. The Hall–Kier alpha value is -2.20. The maximum absolute atomic E-state index is 6.08. The van der Waals surface area contributed by atoms with Crippen molar-refractivity contribution in [2.45, 2.75) is 0 Å². The third-order valence-corrected chi connectivity index (χ3v) is 2.92. The molecule has 19 heavy (non-hydrogen) atoms. The van der Waals surface area contributed by atoms with E-state index in [2.05, 4.69) is 15.1 Å². The summed E-state index contributed by atoms with van der Waals surface area (Å²) in [5.74, 6) is 0.583. The number of benzene rings is 1. The summed E-state index contributed by atoms with van der Waals surface area (Å²) in [6, 6.07) is 11.6. The van der Waals surface area contributed by atoms with E-state index in [1.165, 1.54) is 0 Å². The average Bonchev–Trinajstić information content (AvgIpc) is 2.86. The Kier molecular flexibility index (Phi) is 3.01. The zero-order valence-corrected chi connectivity index (χ0v) is 11.0. The first-order chi connectivity index (χ1) is 9.22. The quantitative estimate of drug-likeness (QED) is 0.672. The van der Waals surface area contributed by atoms with Crippen molar-refractivity contribution in [1.29, 1.82) is 0 Å². The average molecular weight is 271 g/mol. The van der Waals surface area contributed by atoms with Gasteiger partial charge in [0.25, 0.3) is 0 Å². The molecule has 3 aromatic rings. The van der Waals surface area contributed by atoms with Gasteiger partial charge in [0.1, 0.15) is 5.15 Å². The van der Waals surface area contributed by atoms with E-state index in [-0.39, 0.29) is 0 Å². The first-order valence-electron chi connectivity index (χ1n) is 5.81. The van der Waals surface area contributed by atoms with Crippen molar-refractivity contribution < 1.29 is 0 Å². The lowest BCUT2D eigenvalue weighted by Crippen LogP contribution is -1.92. The number of aromatic nitrogens is 4. The molecular formula is C14H11ClN4. The van der Waals surface area contributed by atoms with Gasteiger partial charge in [-0.15, -0.1) is 0 Å². The van der Waals surface area contributed by atoms with Gasteiger partial charge in [0.15, 0.2) is 5.82 Å². The fourth-order valence-corrected chi connectivity index (χ4v) is 2.02. The molecule has 0 saturated heterocycles. The minimum atomic E-state index is 0.424. The number of aryl methyl sites for hydroxylation is 1. The molecule has 0 N–H and O–H groups in total. The highest BCUT2D eigenvalue weighted by Crippen LogP contribution is 2.23. The molecule has 0 saturated carbocycles.